The van der Waals surface area contributed by atoms with Crippen LogP contribution in [0.15, 0.2) is 30.5 Å². The van der Waals surface area contributed by atoms with Crippen LogP contribution in [0.4, 0.5) is 0 Å². The average molecular weight is 204 g/mol. The van der Waals surface area contributed by atoms with Crippen LogP contribution in [-0.2, 0) is 6.54 Å². The van der Waals surface area contributed by atoms with Crippen molar-refractivity contribution in [1.29, 1.82) is 0 Å². The van der Waals surface area contributed by atoms with E-state index in [0.29, 0.717) is 0 Å². The van der Waals surface area contributed by atoms with Crippen molar-refractivity contribution < 1.29 is 0 Å². The highest BCUT2D eigenvalue weighted by Crippen LogP contribution is 2.20. The Morgan fingerprint density at radius 1 is 1.36 bits per heavy atom. The molecule has 2 aromatic rings. The van der Waals surface area contributed by atoms with Crippen molar-refractivity contribution in [2.75, 3.05) is 0 Å². The van der Waals surface area contributed by atoms with E-state index in [-0.39, 0.29) is 0 Å². The van der Waals surface area contributed by atoms with Crippen LogP contribution < -0.4 is 0 Å². The Morgan fingerprint density at radius 3 is 3.00 bits per heavy atom. The Hall–Kier alpha value is -1.39. The summed E-state index contributed by atoms with van der Waals surface area (Å²) in [5.41, 5.74) is 1.14. The van der Waals surface area contributed by atoms with Crippen molar-refractivity contribution in [3.8, 4) is 11.8 Å². The Labute approximate surface area is 88.3 Å². The lowest BCUT2D eigenvalue weighted by molar-refractivity contribution is 0.885. The Balaban J connectivity index is 2.53. The largest absolute Gasteiger partial charge is 0.336 e. The molecule has 0 unspecified atom stereocenters. The van der Waals surface area contributed by atoms with Gasteiger partial charge in [-0.2, -0.15) is 0 Å². The van der Waals surface area contributed by atoms with Crippen LogP contribution in [-0.4, -0.2) is 4.57 Å². The van der Waals surface area contributed by atoms with Crippen LogP contribution in [0, 0.1) is 11.8 Å². The molecule has 70 valence electrons. The molecule has 14 heavy (non-hydrogen) atoms. The van der Waals surface area contributed by atoms with E-state index in [0.717, 1.165) is 17.1 Å². The van der Waals surface area contributed by atoms with Gasteiger partial charge in [0.2, 0.25) is 0 Å². The molecular weight excluding hydrogens is 194 g/mol. The normalized spacial score (nSPS) is 9.86. The highest BCUT2D eigenvalue weighted by molar-refractivity contribution is 6.31. The van der Waals surface area contributed by atoms with Gasteiger partial charge in [0.05, 0.1) is 12.1 Å². The molecule has 1 nitrogen and oxygen atoms in total. The lowest BCUT2D eigenvalue weighted by atomic mass is 10.2. The van der Waals surface area contributed by atoms with Crippen LogP contribution >= 0.6 is 11.6 Å². The van der Waals surface area contributed by atoms with Gasteiger partial charge >= 0.3 is 0 Å². The zero-order valence-corrected chi connectivity index (χ0v) is 8.67. The standard InChI is InChI=1S/C12H10ClN/c1-2-3-7-14-8-6-10-4-5-11(13)9-12(10)14/h4-6,8-9H,7H2,1H3. The van der Waals surface area contributed by atoms with Crippen molar-refractivity contribution in [2.24, 2.45) is 0 Å². The molecule has 0 N–H and O–H groups in total. The smallest absolute Gasteiger partial charge is 0.0837 e. The molecule has 0 saturated heterocycles. The molecule has 0 atom stereocenters. The van der Waals surface area contributed by atoms with Crippen molar-refractivity contribution in [2.45, 2.75) is 13.5 Å². The van der Waals surface area contributed by atoms with E-state index < -0.39 is 0 Å². The SMILES string of the molecule is CC#CCn1ccc2ccc(Cl)cc21. The molecule has 2 heteroatoms. The van der Waals surface area contributed by atoms with Crippen LogP contribution in [0.25, 0.3) is 10.9 Å². The fraction of sp³-hybridized carbons (Fsp3) is 0.167. The summed E-state index contributed by atoms with van der Waals surface area (Å²) in [6, 6.07) is 7.96. The number of nitrogens with zero attached hydrogens (tertiary/aromatic N) is 1. The molecule has 0 aliphatic heterocycles. The summed E-state index contributed by atoms with van der Waals surface area (Å²) in [5.74, 6) is 5.91. The first-order chi connectivity index (χ1) is 6.81. The minimum Gasteiger partial charge on any atom is -0.336 e. The summed E-state index contributed by atoms with van der Waals surface area (Å²) in [6.45, 7) is 2.57. The second-order valence-corrected chi connectivity index (χ2v) is 3.51. The summed E-state index contributed by atoms with van der Waals surface area (Å²) >= 11 is 5.93. The van der Waals surface area contributed by atoms with Gasteiger partial charge in [-0.1, -0.05) is 23.6 Å². The van der Waals surface area contributed by atoms with Gasteiger partial charge in [0.1, 0.15) is 0 Å². The molecule has 0 aliphatic rings. The van der Waals surface area contributed by atoms with Gasteiger partial charge in [-0.3, -0.25) is 0 Å². The maximum atomic E-state index is 5.93. The third kappa shape index (κ3) is 1.62. The van der Waals surface area contributed by atoms with Crippen molar-refractivity contribution in [3.05, 3.63) is 35.5 Å². The van der Waals surface area contributed by atoms with Gasteiger partial charge in [0.25, 0.3) is 0 Å². The minimum atomic E-state index is 0.723. The van der Waals surface area contributed by atoms with Gasteiger partial charge in [-0.15, -0.1) is 5.92 Å². The summed E-state index contributed by atoms with van der Waals surface area (Å²) in [5, 5.41) is 1.97. The second kappa shape index (κ2) is 3.77. The van der Waals surface area contributed by atoms with E-state index in [1.54, 1.807) is 0 Å². The van der Waals surface area contributed by atoms with E-state index >= 15 is 0 Å². The Morgan fingerprint density at radius 2 is 2.21 bits per heavy atom. The molecule has 1 aromatic heterocycles. The molecule has 0 amide bonds. The maximum Gasteiger partial charge on any atom is 0.0837 e. The van der Waals surface area contributed by atoms with E-state index in [2.05, 4.69) is 22.5 Å². The van der Waals surface area contributed by atoms with Gasteiger partial charge < -0.3 is 4.57 Å². The molecule has 0 radical (unpaired) electrons. The molecule has 0 spiro atoms. The molecular formula is C12H10ClN. The third-order valence-corrected chi connectivity index (χ3v) is 2.40. The predicted octanol–water partition coefficient (Wildman–Crippen LogP) is 3.32. The predicted molar refractivity (Wildman–Crippen MR) is 60.4 cm³/mol. The number of fused-ring (bicyclic) bond motifs is 1. The van der Waals surface area contributed by atoms with Crippen molar-refractivity contribution in [3.63, 3.8) is 0 Å². The minimum absolute atomic E-state index is 0.723. The van der Waals surface area contributed by atoms with Gasteiger partial charge in [0, 0.05) is 11.2 Å². The van der Waals surface area contributed by atoms with E-state index in [9.17, 15) is 0 Å². The molecule has 0 aliphatic carbocycles. The van der Waals surface area contributed by atoms with Gasteiger partial charge in [0.15, 0.2) is 0 Å². The number of rotatable bonds is 1. The fourth-order valence-electron chi connectivity index (χ4n) is 1.46. The second-order valence-electron chi connectivity index (χ2n) is 3.07. The summed E-state index contributed by atoms with van der Waals surface area (Å²) in [4.78, 5) is 0. The molecule has 2 rings (SSSR count). The zero-order valence-electron chi connectivity index (χ0n) is 7.92. The van der Waals surface area contributed by atoms with Crippen LogP contribution in [0.1, 0.15) is 6.92 Å². The molecule has 0 saturated carbocycles. The quantitative estimate of drug-likeness (QED) is 0.627. The first-order valence-electron chi connectivity index (χ1n) is 4.45. The van der Waals surface area contributed by atoms with Crippen LogP contribution in [0.3, 0.4) is 0 Å². The molecule has 1 heterocycles. The van der Waals surface area contributed by atoms with Gasteiger partial charge in [-0.25, -0.2) is 0 Å². The first kappa shape index (κ1) is 9.18. The lowest BCUT2D eigenvalue weighted by Gasteiger charge is -1.99. The number of halogens is 1. The topological polar surface area (TPSA) is 4.93 Å². The average Bonchev–Trinajstić information content (AvgIpc) is 2.57. The highest BCUT2D eigenvalue weighted by Gasteiger charge is 1.99. The number of hydrogen-bond acceptors (Lipinski definition) is 0. The third-order valence-electron chi connectivity index (χ3n) is 2.16. The fourth-order valence-corrected chi connectivity index (χ4v) is 1.63. The highest BCUT2D eigenvalue weighted by atomic mass is 35.5. The number of benzene rings is 1. The van der Waals surface area contributed by atoms with Gasteiger partial charge in [-0.05, 0) is 30.5 Å². The summed E-state index contributed by atoms with van der Waals surface area (Å²) in [7, 11) is 0. The number of hydrogen-bond donors (Lipinski definition) is 0. The lowest BCUT2D eigenvalue weighted by Crippen LogP contribution is -1.92. The van der Waals surface area contributed by atoms with Crippen LogP contribution in [0.5, 0.6) is 0 Å². The molecule has 0 bridgehead atoms. The van der Waals surface area contributed by atoms with Crippen molar-refractivity contribution in [1.82, 2.24) is 4.57 Å². The Kier molecular flexibility index (Phi) is 2.47. The van der Waals surface area contributed by atoms with E-state index in [1.165, 1.54) is 5.39 Å². The Bertz CT molecular complexity index is 514. The maximum absolute atomic E-state index is 5.93. The van der Waals surface area contributed by atoms with Crippen molar-refractivity contribution >= 4 is 22.5 Å². The monoisotopic (exact) mass is 203 g/mol. The molecule has 1 aromatic carbocycles. The summed E-state index contributed by atoms with van der Waals surface area (Å²) in [6.07, 6.45) is 2.03. The first-order valence-corrected chi connectivity index (χ1v) is 4.83. The molecule has 0 fully saturated rings. The summed E-state index contributed by atoms with van der Waals surface area (Å²) < 4.78 is 2.09. The zero-order chi connectivity index (χ0) is 9.97. The number of aromatic nitrogens is 1. The van der Waals surface area contributed by atoms with Crippen LogP contribution in [0.2, 0.25) is 5.02 Å². The van der Waals surface area contributed by atoms with E-state index in [4.69, 9.17) is 11.6 Å². The van der Waals surface area contributed by atoms with E-state index in [1.807, 2.05) is 31.3 Å².